The molecule has 0 atom stereocenters. The van der Waals surface area contributed by atoms with E-state index in [9.17, 15) is 13.2 Å². The fourth-order valence-electron chi connectivity index (χ4n) is 3.71. The minimum atomic E-state index is -4.00. The fourth-order valence-corrected chi connectivity index (χ4v) is 5.17. The van der Waals surface area contributed by atoms with E-state index in [-0.39, 0.29) is 17.5 Å². The summed E-state index contributed by atoms with van der Waals surface area (Å²) in [6, 6.07) is 22.8. The maximum atomic E-state index is 13.5. The standard InChI is InChI=1S/C28H34N2O5S/c1-4-34-27-18-9-8-17-26(27)30(36(32,33)25-15-6-5-7-16-25)21-28(31)29-19-11-13-23-12-10-14-24(20-23)35-22(2)3/h5-10,12,14-18,20,22H,4,11,13,19,21H2,1-3H3,(H,29,31). The summed E-state index contributed by atoms with van der Waals surface area (Å²) in [5.74, 6) is 0.828. The van der Waals surface area contributed by atoms with Gasteiger partial charge in [-0.1, -0.05) is 42.5 Å². The number of carbonyl (C=O) groups excluding carboxylic acids is 1. The molecule has 8 heteroatoms. The van der Waals surface area contributed by atoms with Gasteiger partial charge in [0.2, 0.25) is 5.91 Å². The van der Waals surface area contributed by atoms with E-state index < -0.39 is 15.9 Å². The lowest BCUT2D eigenvalue weighted by Gasteiger charge is -2.26. The third-order valence-corrected chi connectivity index (χ3v) is 7.06. The third kappa shape index (κ3) is 7.49. The Bertz CT molecular complexity index is 1230. The van der Waals surface area contributed by atoms with Crippen molar-refractivity contribution in [2.24, 2.45) is 0 Å². The number of benzene rings is 3. The molecule has 0 saturated heterocycles. The molecule has 0 aliphatic carbocycles. The van der Waals surface area contributed by atoms with Crippen LogP contribution in [0.3, 0.4) is 0 Å². The number of sulfonamides is 1. The summed E-state index contributed by atoms with van der Waals surface area (Å²) < 4.78 is 39.6. The maximum Gasteiger partial charge on any atom is 0.264 e. The van der Waals surface area contributed by atoms with Crippen molar-refractivity contribution in [3.05, 3.63) is 84.4 Å². The summed E-state index contributed by atoms with van der Waals surface area (Å²) in [4.78, 5) is 13.0. The predicted molar refractivity (Wildman–Crippen MR) is 142 cm³/mol. The molecule has 0 bridgehead atoms. The Kier molecular flexibility index (Phi) is 9.76. The van der Waals surface area contributed by atoms with E-state index in [1.54, 1.807) is 42.5 Å². The number of aryl methyl sites for hydroxylation is 1. The molecule has 0 heterocycles. The van der Waals surface area contributed by atoms with E-state index in [2.05, 4.69) is 5.32 Å². The van der Waals surface area contributed by atoms with Crippen LogP contribution >= 0.6 is 0 Å². The van der Waals surface area contributed by atoms with Crippen LogP contribution in [-0.2, 0) is 21.2 Å². The van der Waals surface area contributed by atoms with Gasteiger partial charge in [-0.2, -0.15) is 0 Å². The van der Waals surface area contributed by atoms with Gasteiger partial charge in [-0.25, -0.2) is 8.42 Å². The average Bonchev–Trinajstić information content (AvgIpc) is 2.86. The van der Waals surface area contributed by atoms with Crippen molar-refractivity contribution >= 4 is 21.6 Å². The van der Waals surface area contributed by atoms with E-state index in [1.807, 2.05) is 45.0 Å². The minimum Gasteiger partial charge on any atom is -0.492 e. The number of hydrogen-bond donors (Lipinski definition) is 1. The summed E-state index contributed by atoms with van der Waals surface area (Å²) in [6.07, 6.45) is 1.56. The molecule has 36 heavy (non-hydrogen) atoms. The van der Waals surface area contributed by atoms with Gasteiger partial charge >= 0.3 is 0 Å². The van der Waals surface area contributed by atoms with Gasteiger partial charge in [0.15, 0.2) is 0 Å². The zero-order valence-corrected chi connectivity index (χ0v) is 21.8. The number of para-hydroxylation sites is 2. The monoisotopic (exact) mass is 510 g/mol. The lowest BCUT2D eigenvalue weighted by Crippen LogP contribution is -2.41. The average molecular weight is 511 g/mol. The molecule has 1 amide bonds. The van der Waals surface area contributed by atoms with Gasteiger partial charge in [-0.3, -0.25) is 9.10 Å². The first-order chi connectivity index (χ1) is 17.3. The first kappa shape index (κ1) is 27.1. The van der Waals surface area contributed by atoms with Crippen LogP contribution in [0.1, 0.15) is 32.8 Å². The lowest BCUT2D eigenvalue weighted by molar-refractivity contribution is -0.119. The Morgan fingerprint density at radius 2 is 1.69 bits per heavy atom. The summed E-state index contributed by atoms with van der Waals surface area (Å²) in [5.41, 5.74) is 1.43. The third-order valence-electron chi connectivity index (χ3n) is 5.29. The minimum absolute atomic E-state index is 0.0995. The van der Waals surface area contributed by atoms with Crippen LogP contribution in [-0.4, -0.2) is 40.1 Å². The van der Waals surface area contributed by atoms with Gasteiger partial charge < -0.3 is 14.8 Å². The number of hydrogen-bond acceptors (Lipinski definition) is 5. The largest absolute Gasteiger partial charge is 0.492 e. The highest BCUT2D eigenvalue weighted by atomic mass is 32.2. The Labute approximate surface area is 214 Å². The lowest BCUT2D eigenvalue weighted by atomic mass is 10.1. The summed E-state index contributed by atoms with van der Waals surface area (Å²) in [7, 11) is -4.00. The van der Waals surface area contributed by atoms with E-state index in [0.29, 0.717) is 31.0 Å². The highest BCUT2D eigenvalue weighted by molar-refractivity contribution is 7.92. The van der Waals surface area contributed by atoms with Crippen molar-refractivity contribution in [2.45, 2.75) is 44.6 Å². The molecule has 3 aromatic rings. The number of rotatable bonds is 13. The van der Waals surface area contributed by atoms with Crippen LogP contribution in [0.5, 0.6) is 11.5 Å². The van der Waals surface area contributed by atoms with Crippen LogP contribution in [0.2, 0.25) is 0 Å². The molecule has 0 aliphatic rings. The molecule has 3 aromatic carbocycles. The predicted octanol–water partition coefficient (Wildman–Crippen LogP) is 4.82. The van der Waals surface area contributed by atoms with Gasteiger partial charge in [0.1, 0.15) is 18.0 Å². The highest BCUT2D eigenvalue weighted by Gasteiger charge is 2.29. The first-order valence-electron chi connectivity index (χ1n) is 12.1. The molecule has 0 unspecified atom stereocenters. The molecule has 0 radical (unpaired) electrons. The molecule has 3 rings (SSSR count). The van der Waals surface area contributed by atoms with Gasteiger partial charge in [0.05, 0.1) is 23.3 Å². The molecule has 0 aromatic heterocycles. The molecule has 0 fully saturated rings. The zero-order valence-electron chi connectivity index (χ0n) is 21.0. The maximum absolute atomic E-state index is 13.5. The molecule has 0 saturated carbocycles. The second-order valence-corrected chi connectivity index (χ2v) is 10.4. The molecular weight excluding hydrogens is 476 g/mol. The van der Waals surface area contributed by atoms with E-state index >= 15 is 0 Å². The molecule has 1 N–H and O–H groups in total. The molecular formula is C28H34N2O5S. The van der Waals surface area contributed by atoms with Crippen molar-refractivity contribution in [3.8, 4) is 11.5 Å². The van der Waals surface area contributed by atoms with Crippen LogP contribution in [0.25, 0.3) is 0 Å². The van der Waals surface area contributed by atoms with Crippen molar-refractivity contribution in [2.75, 3.05) is 24.0 Å². The van der Waals surface area contributed by atoms with Crippen molar-refractivity contribution in [3.63, 3.8) is 0 Å². The van der Waals surface area contributed by atoms with Crippen LogP contribution in [0.4, 0.5) is 5.69 Å². The van der Waals surface area contributed by atoms with Gasteiger partial charge in [-0.05, 0) is 75.6 Å². The smallest absolute Gasteiger partial charge is 0.264 e. The topological polar surface area (TPSA) is 84.9 Å². The summed E-state index contributed by atoms with van der Waals surface area (Å²) >= 11 is 0. The van der Waals surface area contributed by atoms with Crippen molar-refractivity contribution in [1.82, 2.24) is 5.32 Å². The molecule has 192 valence electrons. The molecule has 7 nitrogen and oxygen atoms in total. The van der Waals surface area contributed by atoms with Gasteiger partial charge in [0.25, 0.3) is 10.0 Å². The second kappa shape index (κ2) is 13.0. The Hall–Kier alpha value is -3.52. The number of carbonyl (C=O) groups is 1. The van der Waals surface area contributed by atoms with Crippen LogP contribution < -0.4 is 19.1 Å². The Morgan fingerprint density at radius 3 is 2.42 bits per heavy atom. The van der Waals surface area contributed by atoms with Gasteiger partial charge in [0, 0.05) is 6.54 Å². The number of nitrogens with zero attached hydrogens (tertiary/aromatic N) is 1. The number of ether oxygens (including phenoxy) is 2. The molecule has 0 aliphatic heterocycles. The zero-order chi connectivity index (χ0) is 26.0. The van der Waals surface area contributed by atoms with E-state index in [4.69, 9.17) is 9.47 Å². The number of nitrogens with one attached hydrogen (secondary N) is 1. The normalized spacial score (nSPS) is 11.2. The highest BCUT2D eigenvalue weighted by Crippen LogP contribution is 2.32. The summed E-state index contributed by atoms with van der Waals surface area (Å²) in [6.45, 7) is 6.21. The number of amides is 1. The fraction of sp³-hybridized carbons (Fsp3) is 0.321. The van der Waals surface area contributed by atoms with E-state index in [1.165, 1.54) is 12.1 Å². The SMILES string of the molecule is CCOc1ccccc1N(CC(=O)NCCCc1cccc(OC(C)C)c1)S(=O)(=O)c1ccccc1. The Balaban J connectivity index is 1.69. The number of anilines is 1. The van der Waals surface area contributed by atoms with Crippen LogP contribution in [0.15, 0.2) is 83.8 Å². The Morgan fingerprint density at radius 1 is 0.972 bits per heavy atom. The molecule has 0 spiro atoms. The van der Waals surface area contributed by atoms with Crippen molar-refractivity contribution in [1.29, 1.82) is 0 Å². The quantitative estimate of drug-likeness (QED) is 0.334. The van der Waals surface area contributed by atoms with Crippen LogP contribution in [0, 0.1) is 0 Å². The second-order valence-electron chi connectivity index (χ2n) is 8.49. The van der Waals surface area contributed by atoms with Gasteiger partial charge in [-0.15, -0.1) is 0 Å². The first-order valence-corrected chi connectivity index (χ1v) is 13.6. The van der Waals surface area contributed by atoms with E-state index in [0.717, 1.165) is 22.0 Å². The summed E-state index contributed by atoms with van der Waals surface area (Å²) in [5, 5.41) is 2.86. The van der Waals surface area contributed by atoms with Crippen molar-refractivity contribution < 1.29 is 22.7 Å².